The lowest BCUT2D eigenvalue weighted by molar-refractivity contribution is -0.141. The van der Waals surface area contributed by atoms with Crippen LogP contribution in [0.5, 0.6) is 0 Å². The maximum Gasteiger partial charge on any atom is 0.433 e. The number of aromatic nitrogens is 1. The summed E-state index contributed by atoms with van der Waals surface area (Å²) in [4.78, 5) is 14.9. The molecular formula is C15H10F6N4O. The summed E-state index contributed by atoms with van der Waals surface area (Å²) in [5.41, 5.74) is 5.16. The van der Waals surface area contributed by atoms with Crippen LogP contribution in [0.2, 0.25) is 0 Å². The van der Waals surface area contributed by atoms with Gasteiger partial charge in [0, 0.05) is 0 Å². The number of rotatable bonds is 3. The molecule has 2 rings (SSSR count). The summed E-state index contributed by atoms with van der Waals surface area (Å²) in [6, 6.07) is 5.36. The fourth-order valence-corrected chi connectivity index (χ4v) is 1.81. The molecule has 1 amide bonds. The first-order chi connectivity index (χ1) is 12.0. The molecular weight excluding hydrogens is 366 g/mol. The van der Waals surface area contributed by atoms with Crippen molar-refractivity contribution in [2.75, 3.05) is 5.73 Å². The monoisotopic (exact) mass is 376 g/mol. The Hall–Kier alpha value is -3.11. The van der Waals surface area contributed by atoms with E-state index in [-0.39, 0.29) is 11.1 Å². The number of halogens is 6. The van der Waals surface area contributed by atoms with E-state index in [0.29, 0.717) is 6.07 Å². The highest BCUT2D eigenvalue weighted by molar-refractivity contribution is 5.98. The van der Waals surface area contributed by atoms with E-state index in [2.05, 4.69) is 10.1 Å². The van der Waals surface area contributed by atoms with Crippen LogP contribution in [0.1, 0.15) is 27.2 Å². The number of hydrogen-bond donors (Lipinski definition) is 2. The largest absolute Gasteiger partial charge is 0.433 e. The fourth-order valence-electron chi connectivity index (χ4n) is 1.81. The SMILES string of the molecule is Nc1nc(C(F)(F)F)ccc1C(=O)N/N=C/c1ccc(C(F)(F)F)cc1. The van der Waals surface area contributed by atoms with Crippen molar-refractivity contribution in [3.05, 3.63) is 58.8 Å². The highest BCUT2D eigenvalue weighted by atomic mass is 19.4. The lowest BCUT2D eigenvalue weighted by Crippen LogP contribution is -2.21. The first kappa shape index (κ1) is 19.2. The molecule has 1 aromatic heterocycles. The van der Waals surface area contributed by atoms with Crippen LogP contribution in [-0.4, -0.2) is 17.1 Å². The van der Waals surface area contributed by atoms with Crippen molar-refractivity contribution in [3.8, 4) is 0 Å². The second-order valence-electron chi connectivity index (χ2n) is 4.95. The van der Waals surface area contributed by atoms with Gasteiger partial charge in [0.25, 0.3) is 5.91 Å². The number of amides is 1. The maximum atomic E-state index is 12.5. The second kappa shape index (κ2) is 7.02. The molecule has 0 saturated carbocycles. The Morgan fingerprint density at radius 1 is 1.00 bits per heavy atom. The summed E-state index contributed by atoms with van der Waals surface area (Å²) in [6.07, 6.45) is -8.12. The molecule has 11 heteroatoms. The molecule has 3 N–H and O–H groups in total. The van der Waals surface area contributed by atoms with E-state index in [0.717, 1.165) is 36.5 Å². The molecule has 138 valence electrons. The topological polar surface area (TPSA) is 80.4 Å². The molecule has 5 nitrogen and oxygen atoms in total. The molecule has 0 bridgehead atoms. The number of nitrogens with zero attached hydrogens (tertiary/aromatic N) is 2. The number of hydrogen-bond acceptors (Lipinski definition) is 4. The Morgan fingerprint density at radius 3 is 2.12 bits per heavy atom. The third kappa shape index (κ3) is 4.71. The summed E-state index contributed by atoms with van der Waals surface area (Å²) in [5, 5.41) is 3.51. The minimum absolute atomic E-state index is 0.261. The van der Waals surface area contributed by atoms with Gasteiger partial charge in [-0.15, -0.1) is 0 Å². The number of anilines is 1. The number of carbonyl (C=O) groups is 1. The van der Waals surface area contributed by atoms with Crippen molar-refractivity contribution in [3.63, 3.8) is 0 Å². The average Bonchev–Trinajstić information content (AvgIpc) is 2.53. The summed E-state index contributed by atoms with van der Waals surface area (Å²) in [7, 11) is 0. The van der Waals surface area contributed by atoms with E-state index in [9.17, 15) is 31.1 Å². The predicted octanol–water partition coefficient (Wildman–Crippen LogP) is 3.47. The van der Waals surface area contributed by atoms with Gasteiger partial charge in [-0.1, -0.05) is 12.1 Å². The number of nitrogens with one attached hydrogen (secondary N) is 1. The van der Waals surface area contributed by atoms with E-state index in [1.165, 1.54) is 0 Å². The molecule has 0 atom stereocenters. The van der Waals surface area contributed by atoms with Crippen LogP contribution in [-0.2, 0) is 12.4 Å². The molecule has 1 aromatic carbocycles. The second-order valence-corrected chi connectivity index (χ2v) is 4.95. The summed E-state index contributed by atoms with van der Waals surface area (Å²) < 4.78 is 74.7. The van der Waals surface area contributed by atoms with Crippen LogP contribution in [0.15, 0.2) is 41.5 Å². The van der Waals surface area contributed by atoms with Gasteiger partial charge in [-0.25, -0.2) is 10.4 Å². The molecule has 1 heterocycles. The lowest BCUT2D eigenvalue weighted by Gasteiger charge is -2.08. The zero-order chi connectivity index (χ0) is 19.5. The molecule has 0 radical (unpaired) electrons. The van der Waals surface area contributed by atoms with Crippen LogP contribution in [0.3, 0.4) is 0 Å². The van der Waals surface area contributed by atoms with Gasteiger partial charge in [0.05, 0.1) is 17.3 Å². The quantitative estimate of drug-likeness (QED) is 0.489. The number of carbonyl (C=O) groups excluding carboxylic acids is 1. The molecule has 0 unspecified atom stereocenters. The number of pyridine rings is 1. The van der Waals surface area contributed by atoms with Gasteiger partial charge in [-0.3, -0.25) is 4.79 Å². The third-order valence-electron chi connectivity index (χ3n) is 3.08. The molecule has 0 aliphatic carbocycles. The van der Waals surface area contributed by atoms with Gasteiger partial charge >= 0.3 is 12.4 Å². The Bertz CT molecular complexity index is 828. The normalized spacial score (nSPS) is 12.4. The summed E-state index contributed by atoms with van der Waals surface area (Å²) >= 11 is 0. The highest BCUT2D eigenvalue weighted by Gasteiger charge is 2.33. The first-order valence-corrected chi connectivity index (χ1v) is 6.83. The van der Waals surface area contributed by atoms with Crippen molar-refractivity contribution in [2.45, 2.75) is 12.4 Å². The fraction of sp³-hybridized carbons (Fsp3) is 0.133. The van der Waals surface area contributed by atoms with Gasteiger partial charge in [0.2, 0.25) is 0 Å². The van der Waals surface area contributed by atoms with Gasteiger partial charge in [0.15, 0.2) is 0 Å². The van der Waals surface area contributed by atoms with Crippen molar-refractivity contribution in [1.29, 1.82) is 0 Å². The zero-order valence-electron chi connectivity index (χ0n) is 12.7. The smallest absolute Gasteiger partial charge is 0.383 e. The van der Waals surface area contributed by atoms with Gasteiger partial charge < -0.3 is 5.73 Å². The van der Waals surface area contributed by atoms with Crippen molar-refractivity contribution in [1.82, 2.24) is 10.4 Å². The number of nitrogen functional groups attached to an aromatic ring is 1. The average molecular weight is 376 g/mol. The van der Waals surface area contributed by atoms with Crippen molar-refractivity contribution < 1.29 is 31.1 Å². The van der Waals surface area contributed by atoms with Gasteiger partial charge in [0.1, 0.15) is 11.5 Å². The maximum absolute atomic E-state index is 12.5. The molecule has 26 heavy (non-hydrogen) atoms. The first-order valence-electron chi connectivity index (χ1n) is 6.83. The van der Waals surface area contributed by atoms with Crippen molar-refractivity contribution >= 4 is 17.9 Å². The van der Waals surface area contributed by atoms with E-state index in [1.807, 2.05) is 5.43 Å². The lowest BCUT2D eigenvalue weighted by atomic mass is 10.1. The molecule has 0 aliphatic heterocycles. The standard InChI is InChI=1S/C15H10F6N4O/c16-14(17,18)9-3-1-8(2-4-9)7-23-25-13(26)10-5-6-11(15(19,20)21)24-12(10)22/h1-7H,(H2,22,24)(H,25,26)/b23-7+. The minimum Gasteiger partial charge on any atom is -0.383 e. The molecule has 0 fully saturated rings. The van der Waals surface area contributed by atoms with Crippen molar-refractivity contribution in [2.24, 2.45) is 5.10 Å². The number of benzene rings is 1. The Kier molecular flexibility index (Phi) is 5.19. The van der Waals surface area contributed by atoms with Crippen LogP contribution in [0, 0.1) is 0 Å². The molecule has 0 aliphatic rings. The highest BCUT2D eigenvalue weighted by Crippen LogP contribution is 2.29. The zero-order valence-corrected chi connectivity index (χ0v) is 12.7. The van der Waals surface area contributed by atoms with Gasteiger partial charge in [-0.2, -0.15) is 31.4 Å². The number of alkyl halides is 6. The van der Waals surface area contributed by atoms with E-state index in [4.69, 9.17) is 5.73 Å². The minimum atomic E-state index is -4.70. The van der Waals surface area contributed by atoms with E-state index >= 15 is 0 Å². The number of hydrazone groups is 1. The molecule has 0 saturated heterocycles. The van der Waals surface area contributed by atoms with Gasteiger partial charge in [-0.05, 0) is 29.8 Å². The van der Waals surface area contributed by atoms with E-state index < -0.39 is 35.3 Å². The van der Waals surface area contributed by atoms with Crippen LogP contribution < -0.4 is 11.2 Å². The Balaban J connectivity index is 2.05. The predicted molar refractivity (Wildman–Crippen MR) is 80.2 cm³/mol. The molecule has 0 spiro atoms. The van der Waals surface area contributed by atoms with E-state index in [1.54, 1.807) is 0 Å². The third-order valence-corrected chi connectivity index (χ3v) is 3.08. The molecule has 2 aromatic rings. The van der Waals surface area contributed by atoms with Crippen LogP contribution in [0.4, 0.5) is 32.2 Å². The summed E-state index contributed by atoms with van der Waals surface area (Å²) in [6.45, 7) is 0. The summed E-state index contributed by atoms with van der Waals surface area (Å²) in [5.74, 6) is -1.56. The number of nitrogens with two attached hydrogens (primary N) is 1. The Morgan fingerprint density at radius 2 is 1.62 bits per heavy atom. The van der Waals surface area contributed by atoms with Crippen LogP contribution in [0.25, 0.3) is 0 Å². The Labute approximate surface area is 142 Å². The van der Waals surface area contributed by atoms with Crippen LogP contribution >= 0.6 is 0 Å².